The Morgan fingerprint density at radius 3 is 1.92 bits per heavy atom. The van der Waals surface area contributed by atoms with Gasteiger partial charge in [-0.25, -0.2) is 0 Å². The van der Waals surface area contributed by atoms with Crippen molar-refractivity contribution in [3.05, 3.63) is 54.1 Å². The molecule has 39 heavy (non-hydrogen) atoms. The van der Waals surface area contributed by atoms with Crippen LogP contribution in [0.3, 0.4) is 0 Å². The quantitative estimate of drug-likeness (QED) is 0.296. The molecule has 2 amide bonds. The highest BCUT2D eigenvalue weighted by atomic mass is 32.2. The molecule has 2 aromatic rings. The summed E-state index contributed by atoms with van der Waals surface area (Å²) in [6, 6.07) is 15.0. The van der Waals surface area contributed by atoms with Crippen LogP contribution in [-0.4, -0.2) is 46.4 Å². The van der Waals surface area contributed by atoms with Crippen molar-refractivity contribution in [2.24, 2.45) is 17.3 Å². The molecule has 0 fully saturated rings. The predicted octanol–water partition coefficient (Wildman–Crippen LogP) is 5.20. The summed E-state index contributed by atoms with van der Waals surface area (Å²) in [7, 11) is 0.518. The van der Waals surface area contributed by atoms with Crippen molar-refractivity contribution >= 4 is 28.6 Å². The van der Waals surface area contributed by atoms with E-state index in [1.54, 1.807) is 13.3 Å². The van der Waals surface area contributed by atoms with Gasteiger partial charge in [0.2, 0.25) is 11.8 Å². The maximum Gasteiger partial charge on any atom is 0.306 e. The molecule has 0 spiro atoms. The molecule has 4 atom stereocenters. The number of rotatable bonds is 14. The monoisotopic (exact) mass is 556 g/mol. The Morgan fingerprint density at radius 2 is 1.46 bits per heavy atom. The van der Waals surface area contributed by atoms with Gasteiger partial charge in [0.1, 0.15) is 6.04 Å². The SMILES string of the molecule is CCCC[C@@H](C[C@@H](CCc1ccc(-c2ccc(S(C)=O)cc2)cc1)C(=O)N[C@H](C(=O)NC)C(C)(C)C)C(=O)O. The number of hydrogen-bond donors (Lipinski definition) is 3. The highest BCUT2D eigenvalue weighted by Gasteiger charge is 2.35. The van der Waals surface area contributed by atoms with Crippen molar-refractivity contribution in [3.63, 3.8) is 0 Å². The van der Waals surface area contributed by atoms with Gasteiger partial charge in [0.25, 0.3) is 0 Å². The average molecular weight is 557 g/mol. The summed E-state index contributed by atoms with van der Waals surface area (Å²) >= 11 is 0. The van der Waals surface area contributed by atoms with Gasteiger partial charge in [-0.05, 0) is 59.9 Å². The van der Waals surface area contributed by atoms with Crippen LogP contribution in [0.25, 0.3) is 11.1 Å². The minimum absolute atomic E-state index is 0.231. The number of unbranched alkanes of at least 4 members (excludes halogenated alkanes) is 1. The molecule has 1 unspecified atom stereocenters. The van der Waals surface area contributed by atoms with Gasteiger partial charge in [0, 0.05) is 34.9 Å². The molecule has 2 rings (SSSR count). The van der Waals surface area contributed by atoms with E-state index in [2.05, 4.69) is 10.6 Å². The smallest absolute Gasteiger partial charge is 0.306 e. The third-order valence-corrected chi connectivity index (χ3v) is 8.05. The summed E-state index contributed by atoms with van der Waals surface area (Å²) in [5.41, 5.74) is 2.60. The van der Waals surface area contributed by atoms with Crippen molar-refractivity contribution in [1.29, 1.82) is 0 Å². The first-order valence-electron chi connectivity index (χ1n) is 13.6. The third kappa shape index (κ3) is 9.92. The van der Waals surface area contributed by atoms with Gasteiger partial charge in [-0.2, -0.15) is 0 Å². The van der Waals surface area contributed by atoms with Crippen molar-refractivity contribution in [1.82, 2.24) is 10.6 Å². The van der Waals surface area contributed by atoms with E-state index < -0.39 is 40.1 Å². The number of carboxylic acid groups (broad SMARTS) is 1. The first-order chi connectivity index (χ1) is 18.4. The van der Waals surface area contributed by atoms with E-state index in [4.69, 9.17) is 0 Å². The van der Waals surface area contributed by atoms with Gasteiger partial charge in [-0.1, -0.05) is 76.9 Å². The predicted molar refractivity (Wildman–Crippen MR) is 157 cm³/mol. The topological polar surface area (TPSA) is 113 Å². The van der Waals surface area contributed by atoms with Crippen LogP contribution in [0.15, 0.2) is 53.4 Å². The van der Waals surface area contributed by atoms with Crippen LogP contribution in [0.2, 0.25) is 0 Å². The zero-order chi connectivity index (χ0) is 29.2. The number of carbonyl (C=O) groups excluding carboxylic acids is 2. The van der Waals surface area contributed by atoms with Gasteiger partial charge in [0.15, 0.2) is 0 Å². The van der Waals surface area contributed by atoms with E-state index in [0.29, 0.717) is 19.3 Å². The van der Waals surface area contributed by atoms with Crippen molar-refractivity contribution in [2.75, 3.05) is 13.3 Å². The molecule has 0 saturated carbocycles. The Labute approximate surface area is 235 Å². The lowest BCUT2D eigenvalue weighted by Crippen LogP contribution is -2.54. The summed E-state index contributed by atoms with van der Waals surface area (Å²) in [6.45, 7) is 7.68. The largest absolute Gasteiger partial charge is 0.481 e. The van der Waals surface area contributed by atoms with E-state index >= 15 is 0 Å². The van der Waals surface area contributed by atoms with Crippen molar-refractivity contribution in [2.45, 2.75) is 77.2 Å². The highest BCUT2D eigenvalue weighted by molar-refractivity contribution is 7.84. The molecule has 2 aromatic carbocycles. The zero-order valence-corrected chi connectivity index (χ0v) is 24.9. The van der Waals surface area contributed by atoms with Gasteiger partial charge in [-0.3, -0.25) is 18.6 Å². The lowest BCUT2D eigenvalue weighted by atomic mass is 9.83. The average Bonchev–Trinajstić information content (AvgIpc) is 2.90. The summed E-state index contributed by atoms with van der Waals surface area (Å²) in [5, 5.41) is 15.4. The van der Waals surface area contributed by atoms with Gasteiger partial charge in [0.05, 0.1) is 5.92 Å². The summed E-state index contributed by atoms with van der Waals surface area (Å²) < 4.78 is 11.7. The summed E-state index contributed by atoms with van der Waals surface area (Å²) in [4.78, 5) is 38.8. The molecule has 0 aliphatic rings. The van der Waals surface area contributed by atoms with Gasteiger partial charge in [-0.15, -0.1) is 0 Å². The molecule has 8 heteroatoms. The number of amides is 2. The Hall–Kier alpha value is -3.00. The number of likely N-dealkylation sites (N-methyl/N-ethyl adjacent to an activating group) is 1. The maximum atomic E-state index is 13.5. The fourth-order valence-electron chi connectivity index (χ4n) is 4.62. The third-order valence-electron chi connectivity index (χ3n) is 7.11. The molecule has 0 heterocycles. The van der Waals surface area contributed by atoms with Crippen LogP contribution in [0.1, 0.15) is 65.4 Å². The molecule has 0 radical (unpaired) electrons. The molecule has 0 aromatic heterocycles. The number of aliphatic carboxylic acids is 1. The van der Waals surface area contributed by atoms with Crippen LogP contribution < -0.4 is 10.6 Å². The van der Waals surface area contributed by atoms with E-state index in [0.717, 1.165) is 34.4 Å². The summed E-state index contributed by atoms with van der Waals surface area (Å²) in [5.74, 6) is -2.60. The number of nitrogens with one attached hydrogen (secondary N) is 2. The number of carbonyl (C=O) groups is 3. The highest BCUT2D eigenvalue weighted by Crippen LogP contribution is 2.27. The van der Waals surface area contributed by atoms with E-state index in [9.17, 15) is 23.7 Å². The van der Waals surface area contributed by atoms with Crippen LogP contribution >= 0.6 is 0 Å². The first kappa shape index (κ1) is 32.2. The molecular formula is C31H44N2O5S. The molecular weight excluding hydrogens is 512 g/mol. The Balaban J connectivity index is 2.21. The van der Waals surface area contributed by atoms with Crippen LogP contribution in [0, 0.1) is 17.3 Å². The molecule has 7 nitrogen and oxygen atoms in total. The van der Waals surface area contributed by atoms with E-state index in [1.807, 2.05) is 76.2 Å². The van der Waals surface area contributed by atoms with Gasteiger partial charge < -0.3 is 15.7 Å². The second kappa shape index (κ2) is 15.0. The van der Waals surface area contributed by atoms with Crippen LogP contribution in [0.4, 0.5) is 0 Å². The van der Waals surface area contributed by atoms with E-state index in [-0.39, 0.29) is 18.2 Å². The normalized spacial score (nSPS) is 14.6. The lowest BCUT2D eigenvalue weighted by Gasteiger charge is -2.31. The standard InChI is InChI=1S/C31H44N2O5S/c1-7-8-9-25(30(36)37)20-24(28(34)33-27(29(35)32-5)31(2,3)4)15-12-21-10-13-22(14-11-21)23-16-18-26(19-17-23)39(6)38/h10-11,13-14,16-19,24-25,27H,7-9,12,15,20H2,1-6H3,(H,32,35)(H,33,34)(H,36,37)/t24-,25+,27-,39?/m1/s1. The van der Waals surface area contributed by atoms with Crippen LogP contribution in [-0.2, 0) is 31.6 Å². The van der Waals surface area contributed by atoms with E-state index in [1.165, 1.54) is 0 Å². The maximum absolute atomic E-state index is 13.5. The lowest BCUT2D eigenvalue weighted by molar-refractivity contribution is -0.143. The Bertz CT molecular complexity index is 1120. The van der Waals surface area contributed by atoms with Gasteiger partial charge >= 0.3 is 5.97 Å². The second-order valence-electron chi connectivity index (χ2n) is 11.2. The van der Waals surface area contributed by atoms with Crippen LogP contribution in [0.5, 0.6) is 0 Å². The number of carboxylic acids is 1. The fourth-order valence-corrected chi connectivity index (χ4v) is 5.14. The van der Waals surface area contributed by atoms with Crippen molar-refractivity contribution < 1.29 is 23.7 Å². The number of aryl methyl sites for hydroxylation is 1. The minimum Gasteiger partial charge on any atom is -0.481 e. The minimum atomic E-state index is -1.02. The Morgan fingerprint density at radius 1 is 0.897 bits per heavy atom. The molecule has 0 saturated heterocycles. The Kier molecular flexibility index (Phi) is 12.4. The number of hydrogen-bond acceptors (Lipinski definition) is 4. The van der Waals surface area contributed by atoms with Crippen molar-refractivity contribution in [3.8, 4) is 11.1 Å². The summed E-state index contributed by atoms with van der Waals surface area (Å²) in [6.07, 6.45) is 5.15. The molecule has 0 bridgehead atoms. The molecule has 0 aliphatic carbocycles. The second-order valence-corrected chi connectivity index (χ2v) is 12.6. The molecule has 3 N–H and O–H groups in total. The molecule has 0 aliphatic heterocycles. The molecule has 214 valence electrons. The first-order valence-corrected chi connectivity index (χ1v) is 15.2. The number of benzene rings is 2. The zero-order valence-electron chi connectivity index (χ0n) is 24.1. The fraction of sp³-hybridized carbons (Fsp3) is 0.516.